The number of carbonyl (C=O) groups excluding carboxylic acids is 1. The van der Waals surface area contributed by atoms with Crippen LogP contribution in [0.1, 0.15) is 17.3 Å². The fourth-order valence-corrected chi connectivity index (χ4v) is 3.15. The molecule has 0 atom stereocenters. The summed E-state index contributed by atoms with van der Waals surface area (Å²) in [6.45, 7) is 1.34. The molecule has 0 aliphatic heterocycles. The van der Waals surface area contributed by atoms with E-state index in [1.807, 2.05) is 0 Å². The van der Waals surface area contributed by atoms with Crippen LogP contribution >= 0.6 is 11.6 Å². The highest BCUT2D eigenvalue weighted by Gasteiger charge is 2.17. The molecule has 0 fully saturated rings. The summed E-state index contributed by atoms with van der Waals surface area (Å²) >= 11 is 5.91. The van der Waals surface area contributed by atoms with Crippen LogP contribution < -0.4 is 10.0 Å². The zero-order valence-corrected chi connectivity index (χ0v) is 14.0. The molecule has 9 heteroatoms. The van der Waals surface area contributed by atoms with Crippen molar-refractivity contribution in [1.82, 2.24) is 0 Å². The second-order valence-electron chi connectivity index (χ2n) is 4.81. The van der Waals surface area contributed by atoms with Gasteiger partial charge in [0.15, 0.2) is 0 Å². The van der Waals surface area contributed by atoms with Crippen LogP contribution in [-0.2, 0) is 14.8 Å². The number of amides is 1. The molecule has 2 aromatic carbocycles. The van der Waals surface area contributed by atoms with Gasteiger partial charge in [-0.2, -0.15) is 0 Å². The lowest BCUT2D eigenvalue weighted by Gasteiger charge is -2.11. The summed E-state index contributed by atoms with van der Waals surface area (Å²) in [6, 6.07) is 9.18. The van der Waals surface area contributed by atoms with E-state index in [2.05, 4.69) is 10.0 Å². The quantitative estimate of drug-likeness (QED) is 0.751. The fraction of sp³-hybridized carbons (Fsp3) is 0.0667. The van der Waals surface area contributed by atoms with Crippen molar-refractivity contribution in [2.75, 3.05) is 10.0 Å². The van der Waals surface area contributed by atoms with Gasteiger partial charge in [-0.1, -0.05) is 11.6 Å². The second-order valence-corrected chi connectivity index (χ2v) is 6.90. The molecule has 3 N–H and O–H groups in total. The van der Waals surface area contributed by atoms with E-state index in [-0.39, 0.29) is 27.1 Å². The van der Waals surface area contributed by atoms with Crippen molar-refractivity contribution < 1.29 is 23.1 Å². The smallest absolute Gasteiger partial charge is 0.335 e. The lowest BCUT2D eigenvalue weighted by atomic mass is 10.2. The average Bonchev–Trinajstić information content (AvgIpc) is 2.49. The molecule has 2 aromatic rings. The van der Waals surface area contributed by atoms with E-state index in [0.717, 1.165) is 6.07 Å². The standard InChI is InChI=1S/C15H13ClN2O5S/c1-9(19)17-11-3-5-12(6-4-11)24(22,23)18-14-8-10(15(20)21)2-7-13(14)16/h2-8,18H,1H3,(H,17,19)(H,20,21). The van der Waals surface area contributed by atoms with Crippen molar-refractivity contribution in [3.8, 4) is 0 Å². The number of carboxylic acids is 1. The van der Waals surface area contributed by atoms with E-state index >= 15 is 0 Å². The Morgan fingerprint density at radius 1 is 1.08 bits per heavy atom. The monoisotopic (exact) mass is 368 g/mol. The summed E-state index contributed by atoms with van der Waals surface area (Å²) in [5.74, 6) is -1.48. The van der Waals surface area contributed by atoms with Gasteiger partial charge in [0.1, 0.15) is 0 Å². The van der Waals surface area contributed by atoms with Crippen LogP contribution in [0.2, 0.25) is 5.02 Å². The van der Waals surface area contributed by atoms with Crippen LogP contribution in [0.15, 0.2) is 47.4 Å². The lowest BCUT2D eigenvalue weighted by molar-refractivity contribution is -0.114. The van der Waals surface area contributed by atoms with E-state index in [4.69, 9.17) is 16.7 Å². The molecule has 0 saturated carbocycles. The van der Waals surface area contributed by atoms with Gasteiger partial charge >= 0.3 is 5.97 Å². The van der Waals surface area contributed by atoms with Gasteiger partial charge in [-0.3, -0.25) is 9.52 Å². The van der Waals surface area contributed by atoms with E-state index in [0.29, 0.717) is 5.69 Å². The summed E-state index contributed by atoms with van der Waals surface area (Å²) in [7, 11) is -3.96. The SMILES string of the molecule is CC(=O)Nc1ccc(S(=O)(=O)Nc2cc(C(=O)O)ccc2Cl)cc1. The number of hydrogen-bond acceptors (Lipinski definition) is 4. The second kappa shape index (κ2) is 6.90. The molecule has 0 aliphatic carbocycles. The number of halogens is 1. The van der Waals surface area contributed by atoms with E-state index in [1.165, 1.54) is 43.3 Å². The maximum absolute atomic E-state index is 12.4. The third-order valence-electron chi connectivity index (χ3n) is 2.94. The molecule has 0 radical (unpaired) electrons. The number of hydrogen-bond donors (Lipinski definition) is 3. The molecule has 0 saturated heterocycles. The molecule has 126 valence electrons. The molecule has 0 aromatic heterocycles. The van der Waals surface area contributed by atoms with Gasteiger partial charge in [-0.15, -0.1) is 0 Å². The zero-order valence-electron chi connectivity index (χ0n) is 12.4. The van der Waals surface area contributed by atoms with Crippen LogP contribution in [0.4, 0.5) is 11.4 Å². The minimum atomic E-state index is -3.96. The molecule has 24 heavy (non-hydrogen) atoms. The van der Waals surface area contributed by atoms with Gasteiger partial charge in [0.2, 0.25) is 5.91 Å². The van der Waals surface area contributed by atoms with Crippen molar-refractivity contribution in [1.29, 1.82) is 0 Å². The molecular weight excluding hydrogens is 356 g/mol. The molecular formula is C15H13ClN2O5S. The third-order valence-corrected chi connectivity index (χ3v) is 4.65. The van der Waals surface area contributed by atoms with Gasteiger partial charge in [0.05, 0.1) is 21.2 Å². The maximum Gasteiger partial charge on any atom is 0.335 e. The molecule has 7 nitrogen and oxygen atoms in total. The molecule has 0 unspecified atom stereocenters. The Morgan fingerprint density at radius 3 is 2.25 bits per heavy atom. The van der Waals surface area contributed by atoms with Crippen molar-refractivity contribution in [3.05, 3.63) is 53.1 Å². The van der Waals surface area contributed by atoms with E-state index < -0.39 is 16.0 Å². The molecule has 0 heterocycles. The number of nitrogens with one attached hydrogen (secondary N) is 2. The Balaban J connectivity index is 2.30. The number of aromatic carboxylic acids is 1. The number of anilines is 2. The van der Waals surface area contributed by atoms with Crippen molar-refractivity contribution in [3.63, 3.8) is 0 Å². The number of benzene rings is 2. The molecule has 0 spiro atoms. The molecule has 2 rings (SSSR count). The highest BCUT2D eigenvalue weighted by Crippen LogP contribution is 2.26. The predicted octanol–water partition coefficient (Wildman–Crippen LogP) is 2.80. The maximum atomic E-state index is 12.4. The molecule has 0 bridgehead atoms. The van der Waals surface area contributed by atoms with Crippen LogP contribution in [0.3, 0.4) is 0 Å². The topological polar surface area (TPSA) is 113 Å². The van der Waals surface area contributed by atoms with Gasteiger partial charge in [0, 0.05) is 12.6 Å². The van der Waals surface area contributed by atoms with Crippen molar-refractivity contribution >= 4 is 44.9 Å². The van der Waals surface area contributed by atoms with E-state index in [1.54, 1.807) is 0 Å². The normalized spacial score (nSPS) is 10.9. The first kappa shape index (κ1) is 17.8. The average molecular weight is 369 g/mol. The largest absolute Gasteiger partial charge is 0.478 e. The van der Waals surface area contributed by atoms with Crippen molar-refractivity contribution in [2.24, 2.45) is 0 Å². The van der Waals surface area contributed by atoms with Gasteiger partial charge in [-0.05, 0) is 42.5 Å². The Bertz CT molecular complexity index is 895. The summed E-state index contributed by atoms with van der Waals surface area (Å²) < 4.78 is 27.0. The van der Waals surface area contributed by atoms with Crippen LogP contribution in [-0.4, -0.2) is 25.4 Å². The summed E-state index contributed by atoms with van der Waals surface area (Å²) in [6.07, 6.45) is 0. The van der Waals surface area contributed by atoms with Crippen molar-refractivity contribution in [2.45, 2.75) is 11.8 Å². The molecule has 0 aliphatic rings. The Hall–Kier alpha value is -2.58. The third kappa shape index (κ3) is 4.24. The first-order valence-electron chi connectivity index (χ1n) is 6.62. The Labute approximate surface area is 143 Å². The first-order chi connectivity index (χ1) is 11.2. The summed E-state index contributed by atoms with van der Waals surface area (Å²) in [4.78, 5) is 21.9. The summed E-state index contributed by atoms with van der Waals surface area (Å²) in [5, 5.41) is 11.6. The highest BCUT2D eigenvalue weighted by atomic mass is 35.5. The van der Waals surface area contributed by atoms with Crippen LogP contribution in [0, 0.1) is 0 Å². The highest BCUT2D eigenvalue weighted by molar-refractivity contribution is 7.92. The van der Waals surface area contributed by atoms with E-state index in [9.17, 15) is 18.0 Å². The van der Waals surface area contributed by atoms with Crippen LogP contribution in [0.25, 0.3) is 0 Å². The number of carboxylic acid groups (broad SMARTS) is 1. The van der Waals surface area contributed by atoms with Gasteiger partial charge in [0.25, 0.3) is 10.0 Å². The van der Waals surface area contributed by atoms with Gasteiger partial charge < -0.3 is 10.4 Å². The number of sulfonamides is 1. The fourth-order valence-electron chi connectivity index (χ4n) is 1.86. The minimum absolute atomic E-state index is 0.0393. The summed E-state index contributed by atoms with van der Waals surface area (Å²) in [5.41, 5.74) is 0.313. The Kier molecular flexibility index (Phi) is 5.10. The lowest BCUT2D eigenvalue weighted by Crippen LogP contribution is -2.14. The number of carbonyl (C=O) groups is 2. The minimum Gasteiger partial charge on any atom is -0.478 e. The predicted molar refractivity (Wildman–Crippen MR) is 90.0 cm³/mol. The van der Waals surface area contributed by atoms with Gasteiger partial charge in [-0.25, -0.2) is 13.2 Å². The first-order valence-corrected chi connectivity index (χ1v) is 8.48. The Morgan fingerprint density at radius 2 is 1.71 bits per heavy atom. The molecule has 1 amide bonds. The zero-order chi connectivity index (χ0) is 17.9. The van der Waals surface area contributed by atoms with Crippen LogP contribution in [0.5, 0.6) is 0 Å². The number of rotatable bonds is 5.